The van der Waals surface area contributed by atoms with Crippen LogP contribution < -0.4 is 10.2 Å². The molecule has 0 saturated heterocycles. The van der Waals surface area contributed by atoms with Crippen molar-refractivity contribution in [3.63, 3.8) is 0 Å². The minimum absolute atomic E-state index is 0. The number of hydrogen-bond donors (Lipinski definition) is 0. The third-order valence-electron chi connectivity index (χ3n) is 6.38. The molecule has 0 bridgehead atoms. The van der Waals surface area contributed by atoms with Gasteiger partial charge in [0.2, 0.25) is 10.3 Å². The van der Waals surface area contributed by atoms with Gasteiger partial charge >= 0.3 is 19.5 Å². The summed E-state index contributed by atoms with van der Waals surface area (Å²) in [6.07, 6.45) is 3.06. The Bertz CT molecular complexity index is 1800. The second kappa shape index (κ2) is 15.5. The fourth-order valence-corrected chi connectivity index (χ4v) is 5.30. The van der Waals surface area contributed by atoms with Gasteiger partial charge in [-0.15, -0.1) is 22.7 Å². The third-order valence-corrected chi connectivity index (χ3v) is 7.87. The van der Waals surface area contributed by atoms with Crippen molar-refractivity contribution < 1.29 is 38.5 Å². The van der Waals surface area contributed by atoms with Crippen molar-refractivity contribution in [3.8, 4) is 34.0 Å². The molecule has 0 spiro atoms. The zero-order valence-electron chi connectivity index (χ0n) is 24.3. The maximum atomic E-state index is 12.9. The molecule has 0 fully saturated rings. The van der Waals surface area contributed by atoms with Crippen LogP contribution in [0, 0.1) is 25.5 Å². The molecule has 0 aliphatic rings. The van der Waals surface area contributed by atoms with E-state index in [0.717, 1.165) is 22.5 Å². The summed E-state index contributed by atoms with van der Waals surface area (Å²) >= 11 is 2.75. The van der Waals surface area contributed by atoms with Gasteiger partial charge in [0, 0.05) is 34.3 Å². The number of rotatable bonds is 6. The summed E-state index contributed by atoms with van der Waals surface area (Å²) in [6, 6.07) is 22.9. The van der Waals surface area contributed by atoms with Crippen LogP contribution in [0.1, 0.15) is 22.3 Å². The number of halogens is 2. The standard InChI is InChI=1S/2C17H13FN2OS.Zn/c2*1-11-3-2-4-13(16(11)21)9-19-17-20-15(10-22-17)12-5-7-14(18)8-6-12;/h2*2-10,21H,1H3;/q;;+2/p-2/b2*19-9+;. The predicted octanol–water partition coefficient (Wildman–Crippen LogP) is 8.16. The van der Waals surface area contributed by atoms with Gasteiger partial charge in [-0.1, -0.05) is 59.0 Å². The fraction of sp³-hybridized carbons (Fsp3) is 0.0588. The van der Waals surface area contributed by atoms with E-state index < -0.39 is 0 Å². The van der Waals surface area contributed by atoms with Crippen molar-refractivity contribution >= 4 is 45.4 Å². The molecule has 0 saturated carbocycles. The Kier molecular flexibility index (Phi) is 11.5. The molecule has 0 amide bonds. The monoisotopic (exact) mass is 686 g/mol. The largest absolute Gasteiger partial charge is 2.00 e. The van der Waals surface area contributed by atoms with Gasteiger partial charge in [0.05, 0.1) is 11.4 Å². The molecule has 2 heterocycles. The number of benzene rings is 4. The molecule has 0 aliphatic carbocycles. The summed E-state index contributed by atoms with van der Waals surface area (Å²) in [5, 5.41) is 28.6. The Morgan fingerprint density at radius 1 is 0.600 bits per heavy atom. The van der Waals surface area contributed by atoms with E-state index >= 15 is 0 Å². The van der Waals surface area contributed by atoms with Crippen molar-refractivity contribution in [1.29, 1.82) is 0 Å². The number of hydrogen-bond acceptors (Lipinski definition) is 8. The van der Waals surface area contributed by atoms with Crippen molar-refractivity contribution in [2.75, 3.05) is 0 Å². The molecule has 0 radical (unpaired) electrons. The second-order valence-corrected chi connectivity index (χ2v) is 11.2. The first-order valence-electron chi connectivity index (χ1n) is 13.3. The number of aliphatic imine (C=N–C) groups is 2. The molecule has 0 unspecified atom stereocenters. The number of nitrogens with zero attached hydrogens (tertiary/aromatic N) is 4. The smallest absolute Gasteiger partial charge is 0.872 e. The van der Waals surface area contributed by atoms with E-state index in [1.54, 1.807) is 62.4 Å². The summed E-state index contributed by atoms with van der Waals surface area (Å²) in [5.41, 5.74) is 5.60. The fourth-order valence-electron chi connectivity index (χ4n) is 3.96. The van der Waals surface area contributed by atoms with Gasteiger partial charge in [0.1, 0.15) is 11.6 Å². The molecule has 6 nitrogen and oxygen atoms in total. The van der Waals surface area contributed by atoms with Crippen LogP contribution in [0.2, 0.25) is 0 Å². The van der Waals surface area contributed by atoms with E-state index in [0.29, 0.717) is 32.5 Å². The van der Waals surface area contributed by atoms with Gasteiger partial charge < -0.3 is 10.2 Å². The van der Waals surface area contributed by atoms with Crippen molar-refractivity contribution in [2.24, 2.45) is 9.98 Å². The summed E-state index contributed by atoms with van der Waals surface area (Å²) in [7, 11) is 0. The molecular formula is C34H24F2N4O2S2Zn. The molecule has 0 aliphatic heterocycles. The molecule has 45 heavy (non-hydrogen) atoms. The molecule has 0 atom stereocenters. The summed E-state index contributed by atoms with van der Waals surface area (Å²) in [5.74, 6) is -0.609. The third kappa shape index (κ3) is 8.82. The molecule has 11 heteroatoms. The Balaban J connectivity index is 0.000000200. The molecule has 6 rings (SSSR count). The normalized spacial score (nSPS) is 10.9. The predicted molar refractivity (Wildman–Crippen MR) is 171 cm³/mol. The van der Waals surface area contributed by atoms with Crippen LogP contribution >= 0.6 is 22.7 Å². The average Bonchev–Trinajstić information content (AvgIpc) is 3.70. The quantitative estimate of drug-likeness (QED) is 0.130. The van der Waals surface area contributed by atoms with Crippen LogP contribution in [0.25, 0.3) is 22.5 Å². The molecular weight excluding hydrogens is 664 g/mol. The van der Waals surface area contributed by atoms with Crippen LogP contribution in [0.5, 0.6) is 11.5 Å². The Hall–Kier alpha value is -4.44. The van der Waals surface area contributed by atoms with Gasteiger partial charge in [-0.3, -0.25) is 0 Å². The van der Waals surface area contributed by atoms with Crippen LogP contribution in [0.4, 0.5) is 19.0 Å². The zero-order chi connectivity index (χ0) is 31.1. The van der Waals surface area contributed by atoms with Crippen molar-refractivity contribution in [3.05, 3.63) is 130 Å². The van der Waals surface area contributed by atoms with Crippen LogP contribution in [-0.4, -0.2) is 22.4 Å². The SMILES string of the molecule is Cc1cccc(/C=N/c2nc(-c3ccc(F)cc3)cs2)c1[O-].Cc1cccc(/C=N/c2nc(-c3ccc(F)cc3)cs2)c1[O-].[Zn+2]. The number of aryl methyl sites for hydroxylation is 2. The number of aromatic nitrogens is 2. The van der Waals surface area contributed by atoms with Crippen LogP contribution in [-0.2, 0) is 19.5 Å². The van der Waals surface area contributed by atoms with Gasteiger partial charge in [-0.2, -0.15) is 0 Å². The van der Waals surface area contributed by atoms with Gasteiger partial charge in [0.25, 0.3) is 0 Å². The summed E-state index contributed by atoms with van der Waals surface area (Å²) < 4.78 is 25.8. The van der Waals surface area contributed by atoms with E-state index in [4.69, 9.17) is 0 Å². The first-order chi connectivity index (χ1) is 21.3. The summed E-state index contributed by atoms with van der Waals surface area (Å²) in [4.78, 5) is 17.2. The zero-order valence-corrected chi connectivity index (χ0v) is 28.9. The van der Waals surface area contributed by atoms with Crippen LogP contribution in [0.3, 0.4) is 0 Å². The van der Waals surface area contributed by atoms with E-state index in [1.165, 1.54) is 59.4 Å². The minimum Gasteiger partial charge on any atom is -0.872 e. The maximum Gasteiger partial charge on any atom is 2.00 e. The first-order valence-corrected chi connectivity index (χ1v) is 15.1. The number of para-hydroxylation sites is 2. The van der Waals surface area contributed by atoms with Crippen molar-refractivity contribution in [1.82, 2.24) is 9.97 Å². The Morgan fingerprint density at radius 3 is 1.36 bits per heavy atom. The summed E-state index contributed by atoms with van der Waals surface area (Å²) in [6.45, 7) is 3.55. The minimum atomic E-state index is -0.278. The van der Waals surface area contributed by atoms with E-state index in [1.807, 2.05) is 22.9 Å². The van der Waals surface area contributed by atoms with E-state index in [9.17, 15) is 19.0 Å². The molecule has 6 aromatic rings. The van der Waals surface area contributed by atoms with E-state index in [-0.39, 0.29) is 42.6 Å². The topological polar surface area (TPSA) is 96.6 Å². The molecule has 220 valence electrons. The molecule has 0 N–H and O–H groups in total. The van der Waals surface area contributed by atoms with Gasteiger partial charge in [-0.25, -0.2) is 28.7 Å². The van der Waals surface area contributed by atoms with Gasteiger partial charge in [0.15, 0.2) is 0 Å². The average molecular weight is 688 g/mol. The van der Waals surface area contributed by atoms with Crippen molar-refractivity contribution in [2.45, 2.75) is 13.8 Å². The molecule has 4 aromatic carbocycles. The number of thiazole rings is 2. The first kappa shape index (κ1) is 33.5. The Labute approximate surface area is 279 Å². The van der Waals surface area contributed by atoms with Crippen LogP contribution in [0.15, 0.2) is 106 Å². The molecule has 2 aromatic heterocycles. The van der Waals surface area contributed by atoms with E-state index in [2.05, 4.69) is 20.0 Å². The maximum absolute atomic E-state index is 12.9. The Morgan fingerprint density at radius 2 is 0.978 bits per heavy atom. The second-order valence-electron chi connectivity index (χ2n) is 9.55. The van der Waals surface area contributed by atoms with Gasteiger partial charge in [-0.05, 0) is 73.5 Å².